The molecular formula is C9H11N. The molecule has 1 nitrogen and oxygen atoms in total. The number of rotatable bonds is 1. The molecule has 2 atom stereocenters. The van der Waals surface area contributed by atoms with Gasteiger partial charge >= 0.3 is 0 Å². The second kappa shape index (κ2) is 1.60. The fourth-order valence-corrected chi connectivity index (χ4v) is 1.77. The normalized spacial score (nSPS) is 42.1. The first-order valence-electron chi connectivity index (χ1n) is 3.66. The Morgan fingerprint density at radius 1 is 1.80 bits per heavy atom. The van der Waals surface area contributed by atoms with Crippen LogP contribution in [0.5, 0.6) is 0 Å². The third-order valence-electron chi connectivity index (χ3n) is 2.63. The van der Waals surface area contributed by atoms with Gasteiger partial charge < -0.3 is 5.41 Å². The molecule has 1 fully saturated rings. The van der Waals surface area contributed by atoms with E-state index in [9.17, 15) is 0 Å². The van der Waals surface area contributed by atoms with Crippen LogP contribution >= 0.6 is 0 Å². The first-order valence-corrected chi connectivity index (χ1v) is 3.66. The Morgan fingerprint density at radius 2 is 2.60 bits per heavy atom. The lowest BCUT2D eigenvalue weighted by molar-refractivity contribution is 0.810. The fraction of sp³-hybridized carbons (Fsp3) is 0.444. The zero-order valence-electron chi connectivity index (χ0n) is 6.09. The van der Waals surface area contributed by atoms with Gasteiger partial charge in [-0.3, -0.25) is 0 Å². The Labute approximate surface area is 61.0 Å². The van der Waals surface area contributed by atoms with Crippen LogP contribution in [0, 0.1) is 16.7 Å². The van der Waals surface area contributed by atoms with Gasteiger partial charge in [0, 0.05) is 11.6 Å². The lowest BCUT2D eigenvalue weighted by Crippen LogP contribution is -2.04. The van der Waals surface area contributed by atoms with Crippen LogP contribution in [0.2, 0.25) is 0 Å². The first kappa shape index (κ1) is 5.90. The Balaban J connectivity index is 2.34. The summed E-state index contributed by atoms with van der Waals surface area (Å²) < 4.78 is 0. The van der Waals surface area contributed by atoms with Gasteiger partial charge in [-0.05, 0) is 19.3 Å². The van der Waals surface area contributed by atoms with Crippen molar-refractivity contribution in [1.82, 2.24) is 0 Å². The van der Waals surface area contributed by atoms with E-state index in [0.717, 1.165) is 6.42 Å². The van der Waals surface area contributed by atoms with Crippen molar-refractivity contribution < 1.29 is 0 Å². The molecule has 0 amide bonds. The van der Waals surface area contributed by atoms with Gasteiger partial charge in [0.05, 0.1) is 0 Å². The quantitative estimate of drug-likeness (QED) is 0.530. The Kier molecular flexibility index (Phi) is 0.942. The molecule has 0 aromatic rings. The highest BCUT2D eigenvalue weighted by Gasteiger charge is 2.52. The average Bonchev–Trinajstić information content (AvgIpc) is 2.65. The van der Waals surface area contributed by atoms with Gasteiger partial charge in [0.1, 0.15) is 0 Å². The molecule has 0 spiro atoms. The predicted octanol–water partition coefficient (Wildman–Crippen LogP) is 2.16. The van der Waals surface area contributed by atoms with E-state index in [1.807, 2.05) is 0 Å². The lowest BCUT2D eigenvalue weighted by atomic mass is 9.96. The van der Waals surface area contributed by atoms with E-state index in [4.69, 9.17) is 5.41 Å². The van der Waals surface area contributed by atoms with E-state index < -0.39 is 0 Å². The molecule has 1 N–H and O–H groups in total. The Bertz CT molecular complexity index is 237. The molecule has 2 unspecified atom stereocenters. The summed E-state index contributed by atoms with van der Waals surface area (Å²) in [5.74, 6) is 0.662. The lowest BCUT2D eigenvalue weighted by Gasteiger charge is -2.08. The van der Waals surface area contributed by atoms with Crippen molar-refractivity contribution in [3.63, 3.8) is 0 Å². The van der Waals surface area contributed by atoms with Crippen molar-refractivity contribution in [2.24, 2.45) is 11.3 Å². The summed E-state index contributed by atoms with van der Waals surface area (Å²) in [7, 11) is 0. The molecule has 0 aromatic heterocycles. The molecule has 2 rings (SSSR count). The van der Waals surface area contributed by atoms with Crippen molar-refractivity contribution >= 4 is 6.21 Å². The molecule has 0 aliphatic heterocycles. The molecule has 0 bridgehead atoms. The number of allylic oxidation sites excluding steroid dienone is 4. The van der Waals surface area contributed by atoms with Gasteiger partial charge in [0.2, 0.25) is 0 Å². The van der Waals surface area contributed by atoms with Crippen LogP contribution in [-0.2, 0) is 0 Å². The van der Waals surface area contributed by atoms with Crippen molar-refractivity contribution in [1.29, 1.82) is 5.41 Å². The van der Waals surface area contributed by atoms with Gasteiger partial charge in [-0.25, -0.2) is 0 Å². The van der Waals surface area contributed by atoms with E-state index in [1.165, 1.54) is 5.57 Å². The molecule has 0 saturated heterocycles. The van der Waals surface area contributed by atoms with E-state index >= 15 is 0 Å². The summed E-state index contributed by atoms with van der Waals surface area (Å²) in [4.78, 5) is 0. The zero-order valence-corrected chi connectivity index (χ0v) is 6.09. The summed E-state index contributed by atoms with van der Waals surface area (Å²) in [5, 5.41) is 7.22. The molecule has 0 radical (unpaired) electrons. The highest BCUT2D eigenvalue weighted by Crippen LogP contribution is 2.57. The van der Waals surface area contributed by atoms with Crippen LogP contribution in [0.15, 0.2) is 23.8 Å². The Morgan fingerprint density at radius 3 is 3.20 bits per heavy atom. The minimum atomic E-state index is 0.152. The molecule has 1 saturated carbocycles. The zero-order chi connectivity index (χ0) is 7.19. The van der Waals surface area contributed by atoms with Crippen molar-refractivity contribution in [2.45, 2.75) is 13.3 Å². The van der Waals surface area contributed by atoms with Gasteiger partial charge in [-0.15, -0.1) is 0 Å². The second-order valence-corrected chi connectivity index (χ2v) is 3.28. The SMILES string of the molecule is CC1=CC=CC2(C=N)CC12. The maximum Gasteiger partial charge on any atom is 0.0303 e. The van der Waals surface area contributed by atoms with Crippen LogP contribution in [0.4, 0.5) is 0 Å². The standard InChI is InChI=1S/C9H11N/c1-7-3-2-4-9(6-10)5-8(7)9/h2-4,6,8,10H,5H2,1H3. The van der Waals surface area contributed by atoms with Crippen LogP contribution in [-0.4, -0.2) is 6.21 Å². The minimum Gasteiger partial charge on any atom is -0.312 e. The minimum absolute atomic E-state index is 0.152. The summed E-state index contributed by atoms with van der Waals surface area (Å²) in [5.41, 5.74) is 1.59. The van der Waals surface area contributed by atoms with Crippen molar-refractivity contribution in [3.05, 3.63) is 23.8 Å². The molecule has 1 heteroatoms. The monoisotopic (exact) mass is 133 g/mol. The van der Waals surface area contributed by atoms with E-state index in [-0.39, 0.29) is 5.41 Å². The number of hydrogen-bond acceptors (Lipinski definition) is 1. The fourth-order valence-electron chi connectivity index (χ4n) is 1.77. The molecule has 0 aromatic carbocycles. The second-order valence-electron chi connectivity index (χ2n) is 3.28. The van der Waals surface area contributed by atoms with Gasteiger partial charge in [0.25, 0.3) is 0 Å². The number of fused-ring (bicyclic) bond motifs is 1. The van der Waals surface area contributed by atoms with Gasteiger partial charge in [-0.1, -0.05) is 23.8 Å². The maximum atomic E-state index is 7.22. The summed E-state index contributed by atoms with van der Waals surface area (Å²) in [6, 6.07) is 0. The Hall–Kier alpha value is -0.850. The predicted molar refractivity (Wildman–Crippen MR) is 42.2 cm³/mol. The topological polar surface area (TPSA) is 23.9 Å². The third-order valence-corrected chi connectivity index (χ3v) is 2.63. The summed E-state index contributed by atoms with van der Waals surface area (Å²) in [6.45, 7) is 2.15. The van der Waals surface area contributed by atoms with Crippen LogP contribution in [0.25, 0.3) is 0 Å². The van der Waals surface area contributed by atoms with E-state index in [0.29, 0.717) is 5.92 Å². The van der Waals surface area contributed by atoms with Crippen LogP contribution in [0.3, 0.4) is 0 Å². The summed E-state index contributed by atoms with van der Waals surface area (Å²) in [6.07, 6.45) is 9.13. The molecule has 2 aliphatic rings. The molecule has 0 heterocycles. The van der Waals surface area contributed by atoms with Crippen LogP contribution in [0.1, 0.15) is 13.3 Å². The summed E-state index contributed by atoms with van der Waals surface area (Å²) >= 11 is 0. The number of hydrogen-bond donors (Lipinski definition) is 1. The molecule has 52 valence electrons. The smallest absolute Gasteiger partial charge is 0.0303 e. The molecule has 2 aliphatic carbocycles. The van der Waals surface area contributed by atoms with Gasteiger partial charge in [0.15, 0.2) is 0 Å². The van der Waals surface area contributed by atoms with E-state index in [1.54, 1.807) is 6.21 Å². The molecular weight excluding hydrogens is 122 g/mol. The third kappa shape index (κ3) is 0.551. The van der Waals surface area contributed by atoms with Gasteiger partial charge in [-0.2, -0.15) is 0 Å². The van der Waals surface area contributed by atoms with Crippen molar-refractivity contribution in [3.8, 4) is 0 Å². The molecule has 10 heavy (non-hydrogen) atoms. The highest BCUT2D eigenvalue weighted by molar-refractivity contribution is 5.73. The largest absolute Gasteiger partial charge is 0.312 e. The maximum absolute atomic E-state index is 7.22. The van der Waals surface area contributed by atoms with E-state index in [2.05, 4.69) is 25.2 Å². The van der Waals surface area contributed by atoms with Crippen LogP contribution < -0.4 is 0 Å². The average molecular weight is 133 g/mol. The number of nitrogens with one attached hydrogen (secondary N) is 1. The van der Waals surface area contributed by atoms with Crippen molar-refractivity contribution in [2.75, 3.05) is 0 Å². The first-order chi connectivity index (χ1) is 4.78. The highest BCUT2D eigenvalue weighted by atomic mass is 14.6.